The summed E-state index contributed by atoms with van der Waals surface area (Å²) in [6, 6.07) is 0. The summed E-state index contributed by atoms with van der Waals surface area (Å²) in [4.78, 5) is 0. The largest absolute Gasteiger partial charge is 0.355 e. The maximum Gasteiger partial charge on any atom is 0.164 e. The van der Waals surface area contributed by atoms with Crippen LogP contribution in [-0.2, 0) is 9.47 Å². The molecule has 1 aliphatic heterocycles. The molecule has 1 unspecified atom stereocenters. The lowest BCUT2D eigenvalue weighted by Crippen LogP contribution is -2.50. The van der Waals surface area contributed by atoms with Crippen LogP contribution in [-0.4, -0.2) is 20.0 Å². The number of methoxy groups -OCH3 is 1. The lowest BCUT2D eigenvalue weighted by Gasteiger charge is -2.56. The van der Waals surface area contributed by atoms with Crippen LogP contribution in [0.2, 0.25) is 0 Å². The molecule has 0 aromatic heterocycles. The second-order valence-corrected chi connectivity index (χ2v) is 7.31. The molecule has 0 aromatic carbocycles. The van der Waals surface area contributed by atoms with E-state index in [1.54, 1.807) is 7.11 Å². The van der Waals surface area contributed by atoms with Crippen LogP contribution in [0.25, 0.3) is 0 Å². The van der Waals surface area contributed by atoms with Gasteiger partial charge in [-0.2, -0.15) is 0 Å². The molecular weight excluding hydrogens is 224 g/mol. The van der Waals surface area contributed by atoms with Gasteiger partial charge in [0, 0.05) is 13.0 Å². The van der Waals surface area contributed by atoms with Gasteiger partial charge in [-0.15, -0.1) is 0 Å². The first-order valence-electron chi connectivity index (χ1n) is 7.32. The van der Waals surface area contributed by atoms with E-state index >= 15 is 0 Å². The Hall–Kier alpha value is -0.340. The third kappa shape index (κ3) is 1.61. The lowest BCUT2D eigenvalue weighted by molar-refractivity contribution is -0.156. The molecule has 2 aliphatic carbocycles. The van der Waals surface area contributed by atoms with E-state index in [4.69, 9.17) is 9.47 Å². The number of hydrogen-bond donors (Lipinski definition) is 0. The van der Waals surface area contributed by atoms with Crippen molar-refractivity contribution in [3.63, 3.8) is 0 Å². The van der Waals surface area contributed by atoms with Crippen molar-refractivity contribution in [3.05, 3.63) is 11.6 Å². The number of ether oxygens (including phenoxy) is 2. The molecule has 0 spiro atoms. The first kappa shape index (κ1) is 12.7. The highest BCUT2D eigenvalue weighted by Crippen LogP contribution is 2.61. The Morgan fingerprint density at radius 3 is 2.78 bits per heavy atom. The predicted molar refractivity (Wildman–Crippen MR) is 72.2 cm³/mol. The van der Waals surface area contributed by atoms with Crippen LogP contribution in [0.5, 0.6) is 0 Å². The molecule has 3 aliphatic rings. The van der Waals surface area contributed by atoms with E-state index in [2.05, 4.69) is 26.8 Å². The van der Waals surface area contributed by atoms with Crippen LogP contribution in [0.1, 0.15) is 46.5 Å². The van der Waals surface area contributed by atoms with Crippen LogP contribution in [0, 0.1) is 22.7 Å². The molecule has 2 heteroatoms. The van der Waals surface area contributed by atoms with Gasteiger partial charge in [0.25, 0.3) is 0 Å². The van der Waals surface area contributed by atoms with Crippen LogP contribution in [0.15, 0.2) is 11.6 Å². The second-order valence-electron chi connectivity index (χ2n) is 7.31. The fourth-order valence-corrected chi connectivity index (χ4v) is 5.06. The molecule has 4 atom stereocenters. The molecule has 0 amide bonds. The molecular formula is C16H26O2. The molecule has 0 radical (unpaired) electrons. The van der Waals surface area contributed by atoms with Gasteiger partial charge in [0.1, 0.15) is 0 Å². The molecule has 0 bridgehead atoms. The van der Waals surface area contributed by atoms with Crippen molar-refractivity contribution in [2.75, 3.05) is 13.7 Å². The predicted octanol–water partition coefficient (Wildman–Crippen LogP) is 3.77. The van der Waals surface area contributed by atoms with Crippen molar-refractivity contribution in [2.45, 2.75) is 52.7 Å². The molecule has 0 N–H and O–H groups in total. The van der Waals surface area contributed by atoms with Gasteiger partial charge < -0.3 is 9.47 Å². The van der Waals surface area contributed by atoms with Crippen molar-refractivity contribution in [1.82, 2.24) is 0 Å². The molecule has 102 valence electrons. The van der Waals surface area contributed by atoms with E-state index < -0.39 is 0 Å². The number of fused-ring (bicyclic) bond motifs is 3. The normalized spacial score (nSPS) is 46.2. The summed E-state index contributed by atoms with van der Waals surface area (Å²) in [7, 11) is 1.79. The van der Waals surface area contributed by atoms with Crippen LogP contribution >= 0.6 is 0 Å². The lowest BCUT2D eigenvalue weighted by atomic mass is 9.49. The summed E-state index contributed by atoms with van der Waals surface area (Å²) >= 11 is 0. The Labute approximate surface area is 111 Å². The fraction of sp³-hybridized carbons (Fsp3) is 0.875. The van der Waals surface area contributed by atoms with Crippen LogP contribution in [0.3, 0.4) is 0 Å². The zero-order valence-corrected chi connectivity index (χ0v) is 12.2. The average molecular weight is 250 g/mol. The minimum Gasteiger partial charge on any atom is -0.355 e. The smallest absolute Gasteiger partial charge is 0.164 e. The number of hydrogen-bond acceptors (Lipinski definition) is 2. The van der Waals surface area contributed by atoms with Gasteiger partial charge in [0.05, 0.1) is 6.61 Å². The molecule has 3 rings (SSSR count). The third-order valence-electron chi connectivity index (χ3n) is 5.92. The Balaban J connectivity index is 2.01. The highest BCUT2D eigenvalue weighted by molar-refractivity contribution is 5.23. The Morgan fingerprint density at radius 1 is 1.28 bits per heavy atom. The molecule has 2 fully saturated rings. The van der Waals surface area contributed by atoms with Crippen LogP contribution in [0.4, 0.5) is 0 Å². The van der Waals surface area contributed by atoms with Gasteiger partial charge in [0.15, 0.2) is 6.29 Å². The fourth-order valence-electron chi connectivity index (χ4n) is 5.06. The minimum absolute atomic E-state index is 0.0158. The standard InChI is InChI=1S/C16H26O2/c1-15(2)8-5-9-16(3)12(15)7-6-11-10-18-14(17-4)13(11)16/h6,12-14H,5,7-10H2,1-4H3/t12-,13+,14?,16-/m0/s1. The molecule has 1 heterocycles. The van der Waals surface area contributed by atoms with Crippen molar-refractivity contribution in [3.8, 4) is 0 Å². The Kier molecular flexibility index (Phi) is 2.87. The van der Waals surface area contributed by atoms with E-state index in [1.807, 2.05) is 0 Å². The molecule has 2 nitrogen and oxygen atoms in total. The van der Waals surface area contributed by atoms with Gasteiger partial charge in [0.2, 0.25) is 0 Å². The van der Waals surface area contributed by atoms with Crippen molar-refractivity contribution in [2.24, 2.45) is 22.7 Å². The summed E-state index contributed by atoms with van der Waals surface area (Å²) in [6.07, 6.45) is 7.70. The first-order chi connectivity index (χ1) is 8.49. The third-order valence-corrected chi connectivity index (χ3v) is 5.92. The van der Waals surface area contributed by atoms with E-state index in [1.165, 1.54) is 31.3 Å². The van der Waals surface area contributed by atoms with E-state index in [9.17, 15) is 0 Å². The van der Waals surface area contributed by atoms with E-state index in [0.717, 1.165) is 12.5 Å². The monoisotopic (exact) mass is 250 g/mol. The van der Waals surface area contributed by atoms with Gasteiger partial charge in [-0.25, -0.2) is 0 Å². The van der Waals surface area contributed by atoms with Gasteiger partial charge in [-0.3, -0.25) is 0 Å². The molecule has 18 heavy (non-hydrogen) atoms. The number of allylic oxidation sites excluding steroid dienone is 1. The zero-order chi connectivity index (χ0) is 13.0. The van der Waals surface area contributed by atoms with Crippen molar-refractivity contribution >= 4 is 0 Å². The summed E-state index contributed by atoms with van der Waals surface area (Å²) in [5.41, 5.74) is 2.32. The van der Waals surface area contributed by atoms with E-state index in [0.29, 0.717) is 16.7 Å². The summed E-state index contributed by atoms with van der Waals surface area (Å²) < 4.78 is 11.4. The number of rotatable bonds is 1. The van der Waals surface area contributed by atoms with Crippen molar-refractivity contribution in [1.29, 1.82) is 0 Å². The second kappa shape index (κ2) is 4.08. The minimum atomic E-state index is -0.0158. The Morgan fingerprint density at radius 2 is 2.06 bits per heavy atom. The maximum atomic E-state index is 5.84. The first-order valence-corrected chi connectivity index (χ1v) is 7.32. The van der Waals surface area contributed by atoms with Gasteiger partial charge in [-0.1, -0.05) is 33.3 Å². The molecule has 0 aromatic rings. The quantitative estimate of drug-likeness (QED) is 0.660. The van der Waals surface area contributed by atoms with E-state index in [-0.39, 0.29) is 6.29 Å². The van der Waals surface area contributed by atoms with Gasteiger partial charge in [-0.05, 0) is 41.6 Å². The van der Waals surface area contributed by atoms with Gasteiger partial charge >= 0.3 is 0 Å². The van der Waals surface area contributed by atoms with Crippen molar-refractivity contribution < 1.29 is 9.47 Å². The molecule has 1 saturated carbocycles. The summed E-state index contributed by atoms with van der Waals surface area (Å²) in [5.74, 6) is 1.26. The SMILES string of the molecule is COC1OCC2=CC[C@H]3C(C)(C)CCC[C@]3(C)[C@H]21. The average Bonchev–Trinajstić information content (AvgIpc) is 2.72. The Bertz CT molecular complexity index is 371. The summed E-state index contributed by atoms with van der Waals surface area (Å²) in [6.45, 7) is 8.17. The highest BCUT2D eigenvalue weighted by atomic mass is 16.7. The summed E-state index contributed by atoms with van der Waals surface area (Å²) in [5, 5.41) is 0. The highest BCUT2D eigenvalue weighted by Gasteiger charge is 2.56. The topological polar surface area (TPSA) is 18.5 Å². The molecule has 1 saturated heterocycles. The zero-order valence-electron chi connectivity index (χ0n) is 12.2. The van der Waals surface area contributed by atoms with Crippen LogP contribution < -0.4 is 0 Å². The maximum absolute atomic E-state index is 5.84.